The van der Waals surface area contributed by atoms with Crippen LogP contribution in [0.1, 0.15) is 31.9 Å². The molecule has 0 spiro atoms. The Balaban J connectivity index is 3.01. The first-order valence-electron chi connectivity index (χ1n) is 5.88. The predicted octanol–water partition coefficient (Wildman–Crippen LogP) is 3.32. The van der Waals surface area contributed by atoms with Crippen LogP contribution in [0, 0.1) is 5.82 Å². The zero-order valence-corrected chi connectivity index (χ0v) is 12.2. The first-order valence-corrected chi connectivity index (χ1v) is 6.67. The number of likely N-dealkylation sites (N-methyl/N-ethyl adjacent to an activating group) is 1. The Morgan fingerprint density at radius 1 is 1.47 bits per heavy atom. The van der Waals surface area contributed by atoms with E-state index in [0.717, 1.165) is 16.5 Å². The molecule has 0 heterocycles. The van der Waals surface area contributed by atoms with Crippen molar-refractivity contribution in [3.8, 4) is 0 Å². The molecule has 2 atom stereocenters. The average Bonchev–Trinajstić information content (AvgIpc) is 2.31. The van der Waals surface area contributed by atoms with Crippen LogP contribution in [-0.2, 0) is 0 Å². The van der Waals surface area contributed by atoms with E-state index in [1.807, 2.05) is 0 Å². The van der Waals surface area contributed by atoms with Gasteiger partial charge in [0.2, 0.25) is 0 Å². The molecule has 4 heteroatoms. The van der Waals surface area contributed by atoms with Gasteiger partial charge in [-0.1, -0.05) is 28.9 Å². The minimum atomic E-state index is -0.234. The summed E-state index contributed by atoms with van der Waals surface area (Å²) in [6.45, 7) is 4.83. The lowest BCUT2D eigenvalue weighted by atomic mass is 10.0. The molecule has 1 aromatic carbocycles. The normalized spacial score (nSPS) is 15.0. The number of hydrogen-bond donors (Lipinski definition) is 1. The maximum atomic E-state index is 13.1. The standard InChI is InChI=1S/C13H20BrFN2/c1-4-9(2)17(3)13(8-16)11-6-5-10(15)7-12(11)14/h5-7,9,13H,4,8,16H2,1-3H3. The molecule has 0 radical (unpaired) electrons. The highest BCUT2D eigenvalue weighted by Gasteiger charge is 2.21. The van der Waals surface area contributed by atoms with Gasteiger partial charge in [0.1, 0.15) is 5.82 Å². The molecule has 0 aliphatic heterocycles. The number of hydrogen-bond acceptors (Lipinski definition) is 2. The van der Waals surface area contributed by atoms with Gasteiger partial charge >= 0.3 is 0 Å². The minimum Gasteiger partial charge on any atom is -0.329 e. The van der Waals surface area contributed by atoms with Gasteiger partial charge < -0.3 is 5.73 Å². The first kappa shape index (κ1) is 14.6. The van der Waals surface area contributed by atoms with Crippen LogP contribution < -0.4 is 5.73 Å². The molecule has 1 rings (SSSR count). The summed E-state index contributed by atoms with van der Waals surface area (Å²) in [5.41, 5.74) is 6.89. The van der Waals surface area contributed by atoms with E-state index in [-0.39, 0.29) is 11.9 Å². The van der Waals surface area contributed by atoms with Crippen LogP contribution in [0.15, 0.2) is 22.7 Å². The highest BCUT2D eigenvalue weighted by Crippen LogP contribution is 2.28. The Kier molecular flexibility index (Phi) is 5.56. The molecule has 96 valence electrons. The molecule has 0 aromatic heterocycles. The third-order valence-electron chi connectivity index (χ3n) is 3.32. The van der Waals surface area contributed by atoms with E-state index >= 15 is 0 Å². The van der Waals surface area contributed by atoms with E-state index in [2.05, 4.69) is 41.7 Å². The molecule has 0 aliphatic carbocycles. The monoisotopic (exact) mass is 302 g/mol. The molecule has 0 amide bonds. The Labute approximate surface area is 111 Å². The van der Waals surface area contributed by atoms with Gasteiger partial charge in [0.25, 0.3) is 0 Å². The van der Waals surface area contributed by atoms with Crippen molar-refractivity contribution in [3.05, 3.63) is 34.1 Å². The lowest BCUT2D eigenvalue weighted by Crippen LogP contribution is -2.36. The summed E-state index contributed by atoms with van der Waals surface area (Å²) in [6.07, 6.45) is 1.06. The lowest BCUT2D eigenvalue weighted by molar-refractivity contribution is 0.184. The number of halogens is 2. The van der Waals surface area contributed by atoms with Crippen molar-refractivity contribution in [1.82, 2.24) is 4.90 Å². The second-order valence-electron chi connectivity index (χ2n) is 4.34. The van der Waals surface area contributed by atoms with Gasteiger partial charge in [0.05, 0.1) is 0 Å². The molecule has 0 saturated heterocycles. The molecule has 2 N–H and O–H groups in total. The molecule has 0 aliphatic rings. The van der Waals surface area contributed by atoms with Crippen LogP contribution in [0.2, 0.25) is 0 Å². The quantitative estimate of drug-likeness (QED) is 0.904. The van der Waals surface area contributed by atoms with E-state index in [0.29, 0.717) is 12.6 Å². The van der Waals surface area contributed by atoms with Crippen LogP contribution in [0.4, 0.5) is 4.39 Å². The number of rotatable bonds is 5. The number of nitrogens with two attached hydrogens (primary N) is 1. The Hall–Kier alpha value is -0.450. The SMILES string of the molecule is CCC(C)N(C)C(CN)c1ccc(F)cc1Br. The third kappa shape index (κ3) is 3.50. The van der Waals surface area contributed by atoms with Crippen LogP contribution in [0.5, 0.6) is 0 Å². The smallest absolute Gasteiger partial charge is 0.124 e. The van der Waals surface area contributed by atoms with Crippen molar-refractivity contribution in [1.29, 1.82) is 0 Å². The Morgan fingerprint density at radius 3 is 2.59 bits per heavy atom. The van der Waals surface area contributed by atoms with Crippen molar-refractivity contribution in [2.45, 2.75) is 32.4 Å². The van der Waals surface area contributed by atoms with Gasteiger partial charge in [0, 0.05) is 23.1 Å². The summed E-state index contributed by atoms with van der Waals surface area (Å²) < 4.78 is 13.8. The fourth-order valence-electron chi connectivity index (χ4n) is 1.88. The second-order valence-corrected chi connectivity index (χ2v) is 5.19. The molecule has 0 bridgehead atoms. The van der Waals surface area contributed by atoms with E-state index in [4.69, 9.17) is 5.73 Å². The summed E-state index contributed by atoms with van der Waals surface area (Å²) in [5, 5.41) is 0. The van der Waals surface area contributed by atoms with E-state index in [1.54, 1.807) is 6.07 Å². The van der Waals surface area contributed by atoms with Crippen molar-refractivity contribution in [2.24, 2.45) is 5.73 Å². The highest BCUT2D eigenvalue weighted by atomic mass is 79.9. The molecule has 1 aromatic rings. The van der Waals surface area contributed by atoms with Gasteiger partial charge in [0.15, 0.2) is 0 Å². The third-order valence-corrected chi connectivity index (χ3v) is 4.01. The molecule has 17 heavy (non-hydrogen) atoms. The maximum Gasteiger partial charge on any atom is 0.124 e. The number of nitrogens with zero attached hydrogens (tertiary/aromatic N) is 1. The highest BCUT2D eigenvalue weighted by molar-refractivity contribution is 9.10. The summed E-state index contributed by atoms with van der Waals surface area (Å²) in [7, 11) is 2.06. The van der Waals surface area contributed by atoms with Crippen LogP contribution >= 0.6 is 15.9 Å². The van der Waals surface area contributed by atoms with Gasteiger partial charge in [-0.25, -0.2) is 4.39 Å². The lowest BCUT2D eigenvalue weighted by Gasteiger charge is -2.32. The van der Waals surface area contributed by atoms with Crippen LogP contribution in [0.3, 0.4) is 0 Å². The van der Waals surface area contributed by atoms with Crippen molar-refractivity contribution < 1.29 is 4.39 Å². The maximum absolute atomic E-state index is 13.1. The zero-order valence-electron chi connectivity index (χ0n) is 10.6. The van der Waals surface area contributed by atoms with Gasteiger partial charge in [-0.15, -0.1) is 0 Å². The zero-order chi connectivity index (χ0) is 13.0. The topological polar surface area (TPSA) is 29.3 Å². The second kappa shape index (κ2) is 6.47. The molecule has 0 fully saturated rings. The first-order chi connectivity index (χ1) is 8.01. The number of benzene rings is 1. The molecular weight excluding hydrogens is 283 g/mol. The van der Waals surface area contributed by atoms with Crippen molar-refractivity contribution in [3.63, 3.8) is 0 Å². The fraction of sp³-hybridized carbons (Fsp3) is 0.538. The van der Waals surface area contributed by atoms with E-state index in [9.17, 15) is 4.39 Å². The summed E-state index contributed by atoms with van der Waals surface area (Å²) >= 11 is 3.41. The Bertz CT molecular complexity index is 370. The largest absolute Gasteiger partial charge is 0.329 e. The van der Waals surface area contributed by atoms with E-state index < -0.39 is 0 Å². The summed E-state index contributed by atoms with van der Waals surface area (Å²) in [4.78, 5) is 2.23. The average molecular weight is 303 g/mol. The van der Waals surface area contributed by atoms with Crippen molar-refractivity contribution in [2.75, 3.05) is 13.6 Å². The van der Waals surface area contributed by atoms with Gasteiger partial charge in [-0.05, 0) is 38.1 Å². The molecule has 0 saturated carbocycles. The minimum absolute atomic E-state index is 0.111. The molecule has 2 unspecified atom stereocenters. The van der Waals surface area contributed by atoms with Crippen LogP contribution in [0.25, 0.3) is 0 Å². The van der Waals surface area contributed by atoms with Gasteiger partial charge in [-0.3, -0.25) is 4.90 Å². The van der Waals surface area contributed by atoms with Crippen molar-refractivity contribution >= 4 is 15.9 Å². The van der Waals surface area contributed by atoms with Gasteiger partial charge in [-0.2, -0.15) is 0 Å². The Morgan fingerprint density at radius 2 is 2.12 bits per heavy atom. The molecule has 2 nitrogen and oxygen atoms in total. The molecular formula is C13H20BrFN2. The van der Waals surface area contributed by atoms with E-state index in [1.165, 1.54) is 12.1 Å². The van der Waals surface area contributed by atoms with Crippen LogP contribution in [-0.4, -0.2) is 24.5 Å². The summed E-state index contributed by atoms with van der Waals surface area (Å²) in [5.74, 6) is -0.234. The fourth-order valence-corrected chi connectivity index (χ4v) is 2.49. The summed E-state index contributed by atoms with van der Waals surface area (Å²) in [6, 6.07) is 5.33. The predicted molar refractivity (Wildman–Crippen MR) is 73.4 cm³/mol.